The largest absolute Gasteiger partial charge is 0.493 e. The molecule has 0 aliphatic carbocycles. The van der Waals surface area contributed by atoms with Crippen molar-refractivity contribution in [3.8, 4) is 22.9 Å². The van der Waals surface area contributed by atoms with Crippen molar-refractivity contribution >= 4 is 5.69 Å². The van der Waals surface area contributed by atoms with Crippen molar-refractivity contribution in [2.24, 2.45) is 0 Å². The monoisotopic (exact) mass is 251 g/mol. The normalized spacial score (nSPS) is 10.1. The first-order valence-corrected chi connectivity index (χ1v) is 4.81. The number of ether oxygens (including phenoxy) is 2. The van der Waals surface area contributed by atoms with Crippen LogP contribution in [0.15, 0.2) is 12.1 Å². The second-order valence-electron chi connectivity index (χ2n) is 3.22. The van der Waals surface area contributed by atoms with Crippen LogP contribution in [0.2, 0.25) is 0 Å². The zero-order valence-electron chi connectivity index (χ0n) is 9.58. The van der Waals surface area contributed by atoms with Gasteiger partial charge in [-0.05, 0) is 5.21 Å². The van der Waals surface area contributed by atoms with Crippen LogP contribution < -0.4 is 9.47 Å². The van der Waals surface area contributed by atoms with Crippen LogP contribution in [0, 0.1) is 10.1 Å². The second-order valence-corrected chi connectivity index (χ2v) is 3.22. The molecule has 9 nitrogen and oxygen atoms in total. The molecule has 2 rings (SSSR count). The van der Waals surface area contributed by atoms with E-state index in [9.17, 15) is 10.1 Å². The lowest BCUT2D eigenvalue weighted by Gasteiger charge is -2.08. The minimum atomic E-state index is -0.548. The first-order chi connectivity index (χ1) is 8.67. The predicted molar refractivity (Wildman–Crippen MR) is 59.4 cm³/mol. The van der Waals surface area contributed by atoms with Gasteiger partial charge in [0.2, 0.25) is 5.82 Å². The molecule has 18 heavy (non-hydrogen) atoms. The van der Waals surface area contributed by atoms with E-state index < -0.39 is 4.92 Å². The average Bonchev–Trinajstić information content (AvgIpc) is 2.90. The Kier molecular flexibility index (Phi) is 3.04. The minimum absolute atomic E-state index is 0.114. The fourth-order valence-electron chi connectivity index (χ4n) is 1.47. The molecule has 1 aromatic heterocycles. The maximum absolute atomic E-state index is 11.0. The molecule has 9 heteroatoms. The standard InChI is InChI=1S/C9H9N5O4/c1-17-7-3-5(9-10-12-13-11-9)6(14(15)16)4-8(7)18-2/h3-4H,1-2H3,(H,10,11,12,13). The van der Waals surface area contributed by atoms with Crippen LogP contribution in [0.5, 0.6) is 11.5 Å². The van der Waals surface area contributed by atoms with E-state index >= 15 is 0 Å². The summed E-state index contributed by atoms with van der Waals surface area (Å²) in [6.07, 6.45) is 0. The Hall–Kier alpha value is -2.71. The van der Waals surface area contributed by atoms with E-state index in [0.717, 1.165) is 0 Å². The molecule has 0 radical (unpaired) electrons. The van der Waals surface area contributed by atoms with E-state index in [1.807, 2.05) is 0 Å². The number of hydrogen-bond donors (Lipinski definition) is 1. The molecule has 94 valence electrons. The van der Waals surface area contributed by atoms with E-state index in [1.165, 1.54) is 26.4 Å². The highest BCUT2D eigenvalue weighted by Gasteiger charge is 2.23. The summed E-state index contributed by atoms with van der Waals surface area (Å²) in [5.74, 6) is 0.724. The highest BCUT2D eigenvalue weighted by Crippen LogP contribution is 2.38. The third kappa shape index (κ3) is 1.93. The fourth-order valence-corrected chi connectivity index (χ4v) is 1.47. The molecule has 1 N–H and O–H groups in total. The molecule has 0 bridgehead atoms. The van der Waals surface area contributed by atoms with Gasteiger partial charge in [0.1, 0.15) is 5.56 Å². The minimum Gasteiger partial charge on any atom is -0.493 e. The Morgan fingerprint density at radius 2 is 1.94 bits per heavy atom. The molecule has 0 amide bonds. The van der Waals surface area contributed by atoms with Gasteiger partial charge >= 0.3 is 0 Å². The van der Waals surface area contributed by atoms with Crippen molar-refractivity contribution in [1.29, 1.82) is 0 Å². The van der Waals surface area contributed by atoms with Crippen molar-refractivity contribution in [1.82, 2.24) is 20.6 Å². The molecule has 0 atom stereocenters. The van der Waals surface area contributed by atoms with Crippen LogP contribution in [0.3, 0.4) is 0 Å². The average molecular weight is 251 g/mol. The van der Waals surface area contributed by atoms with Gasteiger partial charge in [0, 0.05) is 6.07 Å². The highest BCUT2D eigenvalue weighted by atomic mass is 16.6. The molecule has 0 spiro atoms. The first-order valence-electron chi connectivity index (χ1n) is 4.81. The number of nitro groups is 1. The maximum Gasteiger partial charge on any atom is 0.284 e. The number of methoxy groups -OCH3 is 2. The van der Waals surface area contributed by atoms with Crippen molar-refractivity contribution in [2.45, 2.75) is 0 Å². The van der Waals surface area contributed by atoms with Crippen LogP contribution in [-0.4, -0.2) is 39.8 Å². The van der Waals surface area contributed by atoms with Gasteiger partial charge in [-0.1, -0.05) is 0 Å². The van der Waals surface area contributed by atoms with E-state index in [1.54, 1.807) is 0 Å². The summed E-state index contributed by atoms with van der Waals surface area (Å²) < 4.78 is 10.1. The summed E-state index contributed by atoms with van der Waals surface area (Å²) in [4.78, 5) is 10.5. The highest BCUT2D eigenvalue weighted by molar-refractivity contribution is 5.72. The van der Waals surface area contributed by atoms with Gasteiger partial charge in [0.15, 0.2) is 11.5 Å². The van der Waals surface area contributed by atoms with Gasteiger partial charge in [0.05, 0.1) is 25.2 Å². The molecule has 0 fully saturated rings. The number of nitrogens with zero attached hydrogens (tertiary/aromatic N) is 4. The second kappa shape index (κ2) is 4.65. The van der Waals surface area contributed by atoms with E-state index in [2.05, 4.69) is 20.6 Å². The topological polar surface area (TPSA) is 116 Å². The Labute approximate surface area is 101 Å². The van der Waals surface area contributed by atoms with Gasteiger partial charge in [0.25, 0.3) is 5.69 Å². The molecular formula is C9H9N5O4. The zero-order valence-corrected chi connectivity index (χ0v) is 9.58. The van der Waals surface area contributed by atoms with Crippen LogP contribution in [0.25, 0.3) is 11.4 Å². The Bertz CT molecular complexity index is 569. The molecule has 0 unspecified atom stereocenters. The first kappa shape index (κ1) is 11.8. The van der Waals surface area contributed by atoms with Crippen LogP contribution in [0.4, 0.5) is 5.69 Å². The molecular weight excluding hydrogens is 242 g/mol. The number of nitro benzene ring substituents is 1. The maximum atomic E-state index is 11.0. The summed E-state index contributed by atoms with van der Waals surface area (Å²) in [6.45, 7) is 0. The molecule has 0 aliphatic heterocycles. The molecule has 1 aromatic carbocycles. The third-order valence-corrected chi connectivity index (χ3v) is 2.28. The number of aromatic amines is 1. The Balaban J connectivity index is 2.66. The number of rotatable bonds is 4. The van der Waals surface area contributed by atoms with Gasteiger partial charge < -0.3 is 9.47 Å². The van der Waals surface area contributed by atoms with Crippen molar-refractivity contribution in [2.75, 3.05) is 14.2 Å². The van der Waals surface area contributed by atoms with E-state index in [0.29, 0.717) is 5.75 Å². The number of tetrazole rings is 1. The van der Waals surface area contributed by atoms with Gasteiger partial charge in [-0.15, -0.1) is 10.2 Å². The van der Waals surface area contributed by atoms with E-state index in [4.69, 9.17) is 9.47 Å². The third-order valence-electron chi connectivity index (χ3n) is 2.28. The number of aromatic nitrogens is 4. The number of hydrogen-bond acceptors (Lipinski definition) is 7. The number of H-pyrrole nitrogens is 1. The van der Waals surface area contributed by atoms with Crippen molar-refractivity contribution < 1.29 is 14.4 Å². The summed E-state index contributed by atoms with van der Waals surface area (Å²) in [6, 6.07) is 2.69. The lowest BCUT2D eigenvalue weighted by Crippen LogP contribution is -1.97. The Morgan fingerprint density at radius 1 is 1.28 bits per heavy atom. The summed E-state index contributed by atoms with van der Waals surface area (Å²) >= 11 is 0. The summed E-state index contributed by atoms with van der Waals surface area (Å²) in [5.41, 5.74) is 0.0143. The van der Waals surface area contributed by atoms with Crippen LogP contribution in [0.1, 0.15) is 0 Å². The van der Waals surface area contributed by atoms with Gasteiger partial charge in [-0.3, -0.25) is 10.1 Å². The lowest BCUT2D eigenvalue weighted by molar-refractivity contribution is -0.384. The Morgan fingerprint density at radius 3 is 2.44 bits per heavy atom. The zero-order chi connectivity index (χ0) is 13.1. The summed E-state index contributed by atoms with van der Waals surface area (Å²) in [5, 5.41) is 24.0. The van der Waals surface area contributed by atoms with E-state index in [-0.39, 0.29) is 22.8 Å². The molecule has 0 aliphatic rings. The molecule has 2 aromatic rings. The van der Waals surface area contributed by atoms with Crippen molar-refractivity contribution in [3.63, 3.8) is 0 Å². The molecule has 1 heterocycles. The van der Waals surface area contributed by atoms with Crippen LogP contribution in [-0.2, 0) is 0 Å². The van der Waals surface area contributed by atoms with Gasteiger partial charge in [-0.2, -0.15) is 5.21 Å². The molecule has 0 saturated heterocycles. The number of nitrogens with one attached hydrogen (secondary N) is 1. The fraction of sp³-hybridized carbons (Fsp3) is 0.222. The van der Waals surface area contributed by atoms with Crippen molar-refractivity contribution in [3.05, 3.63) is 22.2 Å². The predicted octanol–water partition coefficient (Wildman–Crippen LogP) is 0.792. The SMILES string of the molecule is COc1cc(-c2nn[nH]n2)c([N+](=O)[O-])cc1OC. The summed E-state index contributed by atoms with van der Waals surface area (Å²) in [7, 11) is 2.83. The van der Waals surface area contributed by atoms with Crippen LogP contribution >= 0.6 is 0 Å². The molecule has 0 saturated carbocycles. The quantitative estimate of drug-likeness (QED) is 0.630. The number of benzene rings is 1. The van der Waals surface area contributed by atoms with Gasteiger partial charge in [-0.25, -0.2) is 0 Å². The smallest absolute Gasteiger partial charge is 0.284 e. The lowest BCUT2D eigenvalue weighted by atomic mass is 10.1.